The van der Waals surface area contributed by atoms with Gasteiger partial charge in [0, 0.05) is 12.0 Å². The summed E-state index contributed by atoms with van der Waals surface area (Å²) in [4.78, 5) is 4.60. The standard InChI is InChI=1S/C28H38N2O/c1-3-5-7-8-9-10-12-14-27-29-28(31-30-27)26-21-19-25(20-22-26)24-17-15-23(16-18-24)13-11-6-4-2/h15-22H,3-14H2,1-2H3. The Kier molecular flexibility index (Phi) is 9.82. The van der Waals surface area contributed by atoms with E-state index in [-0.39, 0.29) is 0 Å². The van der Waals surface area contributed by atoms with Crippen molar-refractivity contribution in [3.8, 4) is 22.6 Å². The fourth-order valence-corrected chi connectivity index (χ4v) is 3.96. The highest BCUT2D eigenvalue weighted by atomic mass is 16.5. The number of rotatable bonds is 14. The van der Waals surface area contributed by atoms with Crippen molar-refractivity contribution in [1.82, 2.24) is 10.1 Å². The van der Waals surface area contributed by atoms with Gasteiger partial charge in [-0.05, 0) is 48.1 Å². The third-order valence-corrected chi connectivity index (χ3v) is 5.96. The van der Waals surface area contributed by atoms with E-state index in [9.17, 15) is 0 Å². The van der Waals surface area contributed by atoms with Crippen LogP contribution >= 0.6 is 0 Å². The van der Waals surface area contributed by atoms with Crippen LogP contribution in [0, 0.1) is 0 Å². The van der Waals surface area contributed by atoms with Gasteiger partial charge >= 0.3 is 0 Å². The molecule has 0 aliphatic rings. The smallest absolute Gasteiger partial charge is 0.257 e. The minimum atomic E-state index is 0.621. The van der Waals surface area contributed by atoms with Gasteiger partial charge in [0.1, 0.15) is 0 Å². The van der Waals surface area contributed by atoms with Gasteiger partial charge in [-0.3, -0.25) is 0 Å². The van der Waals surface area contributed by atoms with E-state index in [1.165, 1.54) is 80.9 Å². The van der Waals surface area contributed by atoms with E-state index in [2.05, 4.69) is 72.5 Å². The lowest BCUT2D eigenvalue weighted by Crippen LogP contribution is -1.89. The van der Waals surface area contributed by atoms with Crippen LogP contribution in [0.2, 0.25) is 0 Å². The maximum Gasteiger partial charge on any atom is 0.257 e. The van der Waals surface area contributed by atoms with Gasteiger partial charge < -0.3 is 4.52 Å². The monoisotopic (exact) mass is 418 g/mol. The SMILES string of the molecule is CCCCCCCCCc1noc(-c2ccc(-c3ccc(CCCCC)cc3)cc2)n1. The molecule has 0 bridgehead atoms. The van der Waals surface area contributed by atoms with Gasteiger partial charge in [-0.15, -0.1) is 0 Å². The minimum absolute atomic E-state index is 0.621. The molecule has 0 aliphatic heterocycles. The maximum absolute atomic E-state index is 5.51. The molecule has 3 aromatic rings. The van der Waals surface area contributed by atoms with Crippen molar-refractivity contribution in [2.24, 2.45) is 0 Å². The van der Waals surface area contributed by atoms with Crippen LogP contribution in [-0.4, -0.2) is 10.1 Å². The fourth-order valence-electron chi connectivity index (χ4n) is 3.96. The lowest BCUT2D eigenvalue weighted by Gasteiger charge is -2.05. The molecule has 3 rings (SSSR count). The van der Waals surface area contributed by atoms with E-state index in [0.29, 0.717) is 5.89 Å². The molecule has 0 amide bonds. The molecule has 0 saturated heterocycles. The average Bonchev–Trinajstić information content (AvgIpc) is 3.28. The van der Waals surface area contributed by atoms with Gasteiger partial charge in [-0.2, -0.15) is 4.98 Å². The van der Waals surface area contributed by atoms with Crippen LogP contribution in [0.3, 0.4) is 0 Å². The molecule has 1 heterocycles. The number of hydrogen-bond donors (Lipinski definition) is 0. The molecule has 0 N–H and O–H groups in total. The van der Waals surface area contributed by atoms with Crippen molar-refractivity contribution in [2.75, 3.05) is 0 Å². The summed E-state index contributed by atoms with van der Waals surface area (Å²) in [5, 5.41) is 4.17. The zero-order chi connectivity index (χ0) is 21.7. The van der Waals surface area contributed by atoms with Gasteiger partial charge in [-0.1, -0.05) is 107 Å². The lowest BCUT2D eigenvalue weighted by molar-refractivity contribution is 0.421. The molecule has 166 valence electrons. The summed E-state index contributed by atoms with van der Waals surface area (Å²) in [7, 11) is 0. The number of benzene rings is 2. The molecule has 0 aliphatic carbocycles. The molecular weight excluding hydrogens is 380 g/mol. The summed E-state index contributed by atoms with van der Waals surface area (Å²) >= 11 is 0. The average molecular weight is 419 g/mol. The van der Waals surface area contributed by atoms with Crippen molar-refractivity contribution >= 4 is 0 Å². The molecule has 3 heteroatoms. The fraction of sp³-hybridized carbons (Fsp3) is 0.500. The van der Waals surface area contributed by atoms with Crippen LogP contribution in [0.25, 0.3) is 22.6 Å². The summed E-state index contributed by atoms with van der Waals surface area (Å²) in [5.74, 6) is 1.45. The number of hydrogen-bond acceptors (Lipinski definition) is 3. The Bertz CT molecular complexity index is 865. The predicted octanol–water partition coefficient (Wildman–Crippen LogP) is 8.43. The first kappa shape index (κ1) is 23.2. The van der Waals surface area contributed by atoms with E-state index >= 15 is 0 Å². The van der Waals surface area contributed by atoms with E-state index < -0.39 is 0 Å². The molecule has 0 unspecified atom stereocenters. The molecule has 31 heavy (non-hydrogen) atoms. The van der Waals surface area contributed by atoms with Crippen LogP contribution in [0.5, 0.6) is 0 Å². The van der Waals surface area contributed by atoms with Crippen molar-refractivity contribution < 1.29 is 4.52 Å². The Morgan fingerprint density at radius 3 is 1.77 bits per heavy atom. The third kappa shape index (κ3) is 7.65. The first-order chi connectivity index (χ1) is 15.3. The summed E-state index contributed by atoms with van der Waals surface area (Å²) in [5.41, 5.74) is 4.87. The minimum Gasteiger partial charge on any atom is -0.334 e. The highest BCUT2D eigenvalue weighted by molar-refractivity contribution is 5.67. The highest BCUT2D eigenvalue weighted by Gasteiger charge is 2.09. The quantitative estimate of drug-likeness (QED) is 0.247. The lowest BCUT2D eigenvalue weighted by atomic mass is 10.0. The number of unbranched alkanes of at least 4 members (excludes halogenated alkanes) is 8. The molecule has 0 atom stereocenters. The van der Waals surface area contributed by atoms with Crippen molar-refractivity contribution in [1.29, 1.82) is 0 Å². The summed E-state index contributed by atoms with van der Waals surface area (Å²) in [6, 6.07) is 17.4. The summed E-state index contributed by atoms with van der Waals surface area (Å²) < 4.78 is 5.51. The second-order valence-electron chi connectivity index (χ2n) is 8.62. The van der Waals surface area contributed by atoms with Crippen molar-refractivity contribution in [3.63, 3.8) is 0 Å². The molecule has 2 aromatic carbocycles. The Morgan fingerprint density at radius 2 is 1.10 bits per heavy atom. The molecule has 0 spiro atoms. The summed E-state index contributed by atoms with van der Waals surface area (Å²) in [6.07, 6.45) is 15.0. The Hall–Kier alpha value is -2.42. The zero-order valence-corrected chi connectivity index (χ0v) is 19.4. The van der Waals surface area contributed by atoms with E-state index in [4.69, 9.17) is 4.52 Å². The van der Waals surface area contributed by atoms with Gasteiger partial charge in [0.2, 0.25) is 0 Å². The topological polar surface area (TPSA) is 38.9 Å². The molecule has 1 aromatic heterocycles. The largest absolute Gasteiger partial charge is 0.334 e. The maximum atomic E-state index is 5.51. The summed E-state index contributed by atoms with van der Waals surface area (Å²) in [6.45, 7) is 4.51. The Labute approximate surface area is 188 Å². The predicted molar refractivity (Wildman–Crippen MR) is 130 cm³/mol. The van der Waals surface area contributed by atoms with Crippen molar-refractivity contribution in [3.05, 3.63) is 59.9 Å². The molecule has 3 nitrogen and oxygen atoms in total. The van der Waals surface area contributed by atoms with Gasteiger partial charge in [-0.25, -0.2) is 0 Å². The second-order valence-corrected chi connectivity index (χ2v) is 8.62. The van der Waals surface area contributed by atoms with E-state index in [1.807, 2.05) is 0 Å². The first-order valence-corrected chi connectivity index (χ1v) is 12.3. The molecule has 0 fully saturated rings. The van der Waals surface area contributed by atoms with E-state index in [1.54, 1.807) is 0 Å². The van der Waals surface area contributed by atoms with Gasteiger partial charge in [0.15, 0.2) is 5.82 Å². The normalized spacial score (nSPS) is 11.2. The Morgan fingerprint density at radius 1 is 0.581 bits per heavy atom. The Balaban J connectivity index is 1.49. The highest BCUT2D eigenvalue weighted by Crippen LogP contribution is 2.25. The van der Waals surface area contributed by atoms with Crippen LogP contribution in [0.15, 0.2) is 53.1 Å². The number of nitrogens with zero attached hydrogens (tertiary/aromatic N) is 2. The molecular formula is C28H38N2O. The van der Waals surface area contributed by atoms with E-state index in [0.717, 1.165) is 24.2 Å². The van der Waals surface area contributed by atoms with Crippen LogP contribution in [0.1, 0.15) is 89.4 Å². The molecule has 0 saturated carbocycles. The van der Waals surface area contributed by atoms with Crippen LogP contribution in [-0.2, 0) is 12.8 Å². The van der Waals surface area contributed by atoms with Crippen LogP contribution in [0.4, 0.5) is 0 Å². The van der Waals surface area contributed by atoms with Crippen LogP contribution < -0.4 is 0 Å². The first-order valence-electron chi connectivity index (χ1n) is 12.3. The van der Waals surface area contributed by atoms with Gasteiger partial charge in [0.05, 0.1) is 0 Å². The van der Waals surface area contributed by atoms with Crippen molar-refractivity contribution in [2.45, 2.75) is 90.9 Å². The van der Waals surface area contributed by atoms with Gasteiger partial charge in [0.25, 0.3) is 5.89 Å². The third-order valence-electron chi connectivity index (χ3n) is 5.96. The number of aromatic nitrogens is 2. The number of aryl methyl sites for hydroxylation is 2. The zero-order valence-electron chi connectivity index (χ0n) is 19.4. The second kappa shape index (κ2) is 13.1. The molecule has 0 radical (unpaired) electrons.